The Kier molecular flexibility index (Phi) is 5.03. The Balaban J connectivity index is 1.50. The molecule has 146 valence electrons. The lowest BCUT2D eigenvalue weighted by molar-refractivity contribution is -0.124. The molecule has 1 aliphatic carbocycles. The van der Waals surface area contributed by atoms with Gasteiger partial charge in [-0.1, -0.05) is 31.2 Å². The second kappa shape index (κ2) is 7.62. The molecular weight excluding hydrogens is 354 g/mol. The van der Waals surface area contributed by atoms with Gasteiger partial charge >= 0.3 is 0 Å². The molecule has 6 nitrogen and oxygen atoms in total. The normalized spacial score (nSPS) is 16.0. The Bertz CT molecular complexity index is 1030. The molecule has 0 fully saturated rings. The van der Waals surface area contributed by atoms with Crippen LogP contribution >= 0.6 is 0 Å². The van der Waals surface area contributed by atoms with E-state index >= 15 is 0 Å². The van der Waals surface area contributed by atoms with Crippen molar-refractivity contribution in [3.05, 3.63) is 52.5 Å². The van der Waals surface area contributed by atoms with Crippen LogP contribution in [-0.2, 0) is 17.6 Å². The van der Waals surface area contributed by atoms with Crippen LogP contribution in [0.15, 0.2) is 28.7 Å². The third-order valence-corrected chi connectivity index (χ3v) is 5.40. The lowest BCUT2D eigenvalue weighted by Crippen LogP contribution is -2.34. The molecule has 0 radical (unpaired) electrons. The number of fused-ring (bicyclic) bond motifs is 2. The summed E-state index contributed by atoms with van der Waals surface area (Å²) >= 11 is 0. The maximum Gasteiger partial charge on any atom is 0.258 e. The topological polar surface area (TPSA) is 77.2 Å². The third kappa shape index (κ3) is 3.46. The van der Waals surface area contributed by atoms with Crippen LogP contribution in [0.1, 0.15) is 54.1 Å². The smallest absolute Gasteiger partial charge is 0.258 e. The van der Waals surface area contributed by atoms with E-state index in [1.165, 1.54) is 11.1 Å². The summed E-state index contributed by atoms with van der Waals surface area (Å²) in [5.74, 6) is 1.68. The van der Waals surface area contributed by atoms with Crippen molar-refractivity contribution >= 4 is 17.0 Å². The minimum absolute atomic E-state index is 0.0376. The highest BCUT2D eigenvalue weighted by Gasteiger charge is 2.22. The molecule has 1 aromatic carbocycles. The molecule has 2 heterocycles. The van der Waals surface area contributed by atoms with Crippen molar-refractivity contribution in [3.63, 3.8) is 0 Å². The molecule has 4 rings (SSSR count). The number of aromatic nitrogens is 2. The van der Waals surface area contributed by atoms with Gasteiger partial charge in [-0.3, -0.25) is 4.79 Å². The minimum atomic E-state index is -0.149. The quantitative estimate of drug-likeness (QED) is 0.726. The van der Waals surface area contributed by atoms with E-state index in [1.807, 2.05) is 32.9 Å². The molecule has 6 heteroatoms. The van der Waals surface area contributed by atoms with Gasteiger partial charge in [0, 0.05) is 12.0 Å². The summed E-state index contributed by atoms with van der Waals surface area (Å²) in [7, 11) is 0. The van der Waals surface area contributed by atoms with Gasteiger partial charge in [0.15, 0.2) is 6.61 Å². The van der Waals surface area contributed by atoms with Crippen molar-refractivity contribution in [2.24, 2.45) is 0 Å². The van der Waals surface area contributed by atoms with E-state index in [0.717, 1.165) is 36.0 Å². The molecule has 1 N–H and O–H groups in total. The summed E-state index contributed by atoms with van der Waals surface area (Å²) in [5, 5.41) is 3.85. The largest absolute Gasteiger partial charge is 0.467 e. The number of benzene rings is 1. The molecule has 1 atom stereocenters. The molecular formula is C22H25N3O3. The number of hydrogen-bond acceptors (Lipinski definition) is 5. The number of amides is 1. The van der Waals surface area contributed by atoms with Gasteiger partial charge in [0.25, 0.3) is 5.91 Å². The van der Waals surface area contributed by atoms with Gasteiger partial charge in [-0.05, 0) is 44.2 Å². The zero-order chi connectivity index (χ0) is 19.7. The van der Waals surface area contributed by atoms with Crippen LogP contribution in [0.3, 0.4) is 0 Å². The van der Waals surface area contributed by atoms with E-state index < -0.39 is 0 Å². The first-order valence-corrected chi connectivity index (χ1v) is 9.83. The lowest BCUT2D eigenvalue weighted by Gasteiger charge is -2.26. The summed E-state index contributed by atoms with van der Waals surface area (Å²) in [6.07, 6.45) is 3.75. The second-order valence-corrected chi connectivity index (χ2v) is 7.26. The van der Waals surface area contributed by atoms with Gasteiger partial charge in [-0.25, -0.2) is 0 Å². The average Bonchev–Trinajstić information content (AvgIpc) is 3.00. The Hall–Kier alpha value is -2.89. The summed E-state index contributed by atoms with van der Waals surface area (Å²) in [6, 6.07) is 8.34. The first-order valence-electron chi connectivity index (χ1n) is 9.83. The van der Waals surface area contributed by atoms with Crippen molar-refractivity contribution < 1.29 is 13.9 Å². The first kappa shape index (κ1) is 18.5. The first-order chi connectivity index (χ1) is 13.6. The average molecular weight is 379 g/mol. The number of aryl methyl sites for hydroxylation is 4. The maximum absolute atomic E-state index is 12.6. The fraction of sp³-hybridized carbons (Fsp3) is 0.409. The molecule has 28 heavy (non-hydrogen) atoms. The fourth-order valence-electron chi connectivity index (χ4n) is 3.79. The summed E-state index contributed by atoms with van der Waals surface area (Å²) < 4.78 is 11.5. The summed E-state index contributed by atoms with van der Waals surface area (Å²) in [5.41, 5.74) is 3.98. The van der Waals surface area contributed by atoms with Crippen molar-refractivity contribution in [2.45, 2.75) is 52.5 Å². The SMILES string of the molecule is CCc1nc(OCC(=O)N[C@H]2CCCc3ccccc32)c2c(C)c(C)oc2n1. The number of carbonyl (C=O) groups excluding carboxylic acids is 1. The van der Waals surface area contributed by atoms with E-state index in [2.05, 4.69) is 27.4 Å². The Morgan fingerprint density at radius 3 is 2.93 bits per heavy atom. The molecule has 3 aromatic rings. The van der Waals surface area contributed by atoms with Crippen LogP contribution in [-0.4, -0.2) is 22.5 Å². The van der Waals surface area contributed by atoms with E-state index in [1.54, 1.807) is 0 Å². The Labute approximate surface area is 164 Å². The maximum atomic E-state index is 12.6. The van der Waals surface area contributed by atoms with Crippen molar-refractivity contribution in [1.82, 2.24) is 15.3 Å². The molecule has 0 aliphatic heterocycles. The minimum Gasteiger partial charge on any atom is -0.467 e. The molecule has 0 spiro atoms. The molecule has 1 aliphatic rings. The van der Waals surface area contributed by atoms with E-state index in [9.17, 15) is 4.79 Å². The molecule has 0 saturated carbocycles. The van der Waals surface area contributed by atoms with Crippen LogP contribution in [0.2, 0.25) is 0 Å². The molecule has 0 bridgehead atoms. The molecule has 1 amide bonds. The highest BCUT2D eigenvalue weighted by atomic mass is 16.5. The van der Waals surface area contributed by atoms with Crippen LogP contribution in [0.25, 0.3) is 11.1 Å². The summed E-state index contributed by atoms with van der Waals surface area (Å²) in [4.78, 5) is 21.5. The number of nitrogens with zero attached hydrogens (tertiary/aromatic N) is 2. The Morgan fingerprint density at radius 2 is 2.11 bits per heavy atom. The second-order valence-electron chi connectivity index (χ2n) is 7.26. The van der Waals surface area contributed by atoms with E-state index in [4.69, 9.17) is 9.15 Å². The van der Waals surface area contributed by atoms with E-state index in [0.29, 0.717) is 23.8 Å². The molecule has 0 unspecified atom stereocenters. The van der Waals surface area contributed by atoms with Crippen LogP contribution < -0.4 is 10.1 Å². The highest BCUT2D eigenvalue weighted by Crippen LogP contribution is 2.31. The molecule has 0 saturated heterocycles. The van der Waals surface area contributed by atoms with Gasteiger partial charge < -0.3 is 14.5 Å². The Morgan fingerprint density at radius 1 is 1.29 bits per heavy atom. The standard InChI is InChI=1S/C22H25N3O3/c1-4-18-24-21(20-13(2)14(3)28-22(20)25-18)27-12-19(26)23-17-11-7-9-15-8-5-6-10-16(15)17/h5-6,8,10,17H,4,7,9,11-12H2,1-3H3,(H,23,26)/t17-/m0/s1. The lowest BCUT2D eigenvalue weighted by atomic mass is 9.88. The molecule has 2 aromatic heterocycles. The van der Waals surface area contributed by atoms with Gasteiger partial charge in [-0.2, -0.15) is 9.97 Å². The van der Waals surface area contributed by atoms with Crippen LogP contribution in [0, 0.1) is 13.8 Å². The number of rotatable bonds is 5. The van der Waals surface area contributed by atoms with E-state index in [-0.39, 0.29) is 18.6 Å². The zero-order valence-corrected chi connectivity index (χ0v) is 16.5. The van der Waals surface area contributed by atoms with Crippen molar-refractivity contribution in [3.8, 4) is 5.88 Å². The monoisotopic (exact) mass is 379 g/mol. The predicted octanol–water partition coefficient (Wildman–Crippen LogP) is 3.97. The number of carbonyl (C=O) groups is 1. The number of hydrogen-bond donors (Lipinski definition) is 1. The third-order valence-electron chi connectivity index (χ3n) is 5.40. The van der Waals surface area contributed by atoms with Crippen LogP contribution in [0.5, 0.6) is 5.88 Å². The number of furan rings is 1. The van der Waals surface area contributed by atoms with Crippen LogP contribution in [0.4, 0.5) is 0 Å². The van der Waals surface area contributed by atoms with Crippen molar-refractivity contribution in [1.29, 1.82) is 0 Å². The predicted molar refractivity (Wildman–Crippen MR) is 106 cm³/mol. The highest BCUT2D eigenvalue weighted by molar-refractivity contribution is 5.85. The van der Waals surface area contributed by atoms with Gasteiger partial charge in [0.05, 0.1) is 6.04 Å². The van der Waals surface area contributed by atoms with Gasteiger partial charge in [-0.15, -0.1) is 0 Å². The van der Waals surface area contributed by atoms with Gasteiger partial charge in [0.2, 0.25) is 11.6 Å². The summed E-state index contributed by atoms with van der Waals surface area (Å²) in [6.45, 7) is 5.72. The van der Waals surface area contributed by atoms with Crippen molar-refractivity contribution in [2.75, 3.05) is 6.61 Å². The van der Waals surface area contributed by atoms with Gasteiger partial charge in [0.1, 0.15) is 17.0 Å². The number of nitrogens with one attached hydrogen (secondary N) is 1. The zero-order valence-electron chi connectivity index (χ0n) is 16.5. The fourth-order valence-corrected chi connectivity index (χ4v) is 3.79. The number of ether oxygens (including phenoxy) is 1.